The van der Waals surface area contributed by atoms with E-state index < -0.39 is 29.0 Å². The second kappa shape index (κ2) is 6.45. The van der Waals surface area contributed by atoms with Gasteiger partial charge in [0.25, 0.3) is 5.91 Å². The van der Waals surface area contributed by atoms with Crippen LogP contribution in [0.5, 0.6) is 0 Å². The van der Waals surface area contributed by atoms with Crippen molar-refractivity contribution in [2.45, 2.75) is 13.0 Å². The van der Waals surface area contributed by atoms with E-state index >= 15 is 0 Å². The van der Waals surface area contributed by atoms with E-state index in [9.17, 15) is 18.0 Å². The summed E-state index contributed by atoms with van der Waals surface area (Å²) in [6.07, 6.45) is 1.52. The number of nitrogens with two attached hydrogens (primary N) is 1. The third-order valence-corrected chi connectivity index (χ3v) is 2.96. The summed E-state index contributed by atoms with van der Waals surface area (Å²) in [5.41, 5.74) is -0.391. The SMILES string of the molecule is C[C@H]([NH2+]CC(=O)Nc1ccc(F)c(F)c1F)c1ccco1. The molecule has 4 nitrogen and oxygen atoms in total. The van der Waals surface area contributed by atoms with Gasteiger partial charge in [-0.25, -0.2) is 13.2 Å². The molecule has 0 unspecified atom stereocenters. The molecule has 0 fully saturated rings. The Morgan fingerprint density at radius 1 is 1.29 bits per heavy atom. The van der Waals surface area contributed by atoms with Gasteiger partial charge in [0.1, 0.15) is 6.04 Å². The van der Waals surface area contributed by atoms with E-state index in [1.54, 1.807) is 17.4 Å². The van der Waals surface area contributed by atoms with Gasteiger partial charge in [-0.2, -0.15) is 0 Å². The third-order valence-electron chi connectivity index (χ3n) is 2.96. The van der Waals surface area contributed by atoms with Crippen molar-refractivity contribution in [3.63, 3.8) is 0 Å². The summed E-state index contributed by atoms with van der Waals surface area (Å²) in [4.78, 5) is 11.7. The second-order valence-electron chi connectivity index (χ2n) is 4.52. The minimum atomic E-state index is -1.61. The standard InChI is InChI=1S/C14H13F3N2O2/c1-8(11-3-2-6-21-11)18-7-12(20)19-10-5-4-9(15)13(16)14(10)17/h2-6,8,18H,7H2,1H3,(H,19,20)/p+1/t8-/m0/s1. The zero-order valence-electron chi connectivity index (χ0n) is 11.2. The highest BCUT2D eigenvalue weighted by molar-refractivity contribution is 5.91. The highest BCUT2D eigenvalue weighted by Gasteiger charge is 2.17. The molecule has 21 heavy (non-hydrogen) atoms. The van der Waals surface area contributed by atoms with Gasteiger partial charge in [-0.1, -0.05) is 0 Å². The monoisotopic (exact) mass is 299 g/mol. The van der Waals surface area contributed by atoms with Gasteiger partial charge in [0.05, 0.1) is 12.0 Å². The van der Waals surface area contributed by atoms with E-state index in [0.717, 1.165) is 12.1 Å². The fourth-order valence-corrected chi connectivity index (χ4v) is 1.77. The number of nitrogens with one attached hydrogen (secondary N) is 1. The molecule has 3 N–H and O–H groups in total. The average molecular weight is 299 g/mol. The van der Waals surface area contributed by atoms with E-state index in [4.69, 9.17) is 4.42 Å². The molecular weight excluding hydrogens is 285 g/mol. The van der Waals surface area contributed by atoms with Crippen molar-refractivity contribution in [1.82, 2.24) is 0 Å². The largest absolute Gasteiger partial charge is 0.463 e. The van der Waals surface area contributed by atoms with Crippen LogP contribution in [0.1, 0.15) is 18.7 Å². The molecule has 0 radical (unpaired) electrons. The lowest BCUT2D eigenvalue weighted by molar-refractivity contribution is -0.684. The van der Waals surface area contributed by atoms with Crippen LogP contribution in [0.2, 0.25) is 0 Å². The molecule has 0 bridgehead atoms. The number of anilines is 1. The number of benzene rings is 1. The Balaban J connectivity index is 1.92. The van der Waals surface area contributed by atoms with Crippen molar-refractivity contribution in [2.75, 3.05) is 11.9 Å². The number of halogens is 3. The number of carbonyl (C=O) groups excluding carboxylic acids is 1. The lowest BCUT2D eigenvalue weighted by atomic mass is 10.2. The first-order valence-corrected chi connectivity index (χ1v) is 6.29. The maximum atomic E-state index is 13.4. The maximum absolute atomic E-state index is 13.4. The molecule has 0 saturated carbocycles. The van der Waals surface area contributed by atoms with Gasteiger partial charge >= 0.3 is 0 Å². The fourth-order valence-electron chi connectivity index (χ4n) is 1.77. The van der Waals surface area contributed by atoms with E-state index in [-0.39, 0.29) is 12.6 Å². The van der Waals surface area contributed by atoms with Gasteiger partial charge in [0.15, 0.2) is 29.8 Å². The second-order valence-corrected chi connectivity index (χ2v) is 4.52. The van der Waals surface area contributed by atoms with Gasteiger partial charge in [-0.15, -0.1) is 0 Å². The Kier molecular flexibility index (Phi) is 4.64. The molecule has 1 atom stereocenters. The lowest BCUT2D eigenvalue weighted by Crippen LogP contribution is -2.86. The van der Waals surface area contributed by atoms with Crippen molar-refractivity contribution >= 4 is 11.6 Å². The molecule has 1 heterocycles. The van der Waals surface area contributed by atoms with Crippen molar-refractivity contribution in [3.05, 3.63) is 53.7 Å². The topological polar surface area (TPSA) is 58.9 Å². The normalized spacial score (nSPS) is 12.2. The first-order chi connectivity index (χ1) is 9.99. The van der Waals surface area contributed by atoms with Crippen molar-refractivity contribution in [3.8, 4) is 0 Å². The lowest BCUT2D eigenvalue weighted by Gasteiger charge is -2.09. The van der Waals surface area contributed by atoms with Crippen LogP contribution in [0.3, 0.4) is 0 Å². The number of carbonyl (C=O) groups is 1. The van der Waals surface area contributed by atoms with Gasteiger partial charge in [0.2, 0.25) is 0 Å². The van der Waals surface area contributed by atoms with Gasteiger partial charge < -0.3 is 15.1 Å². The molecule has 0 spiro atoms. The van der Waals surface area contributed by atoms with E-state index in [1.807, 2.05) is 6.92 Å². The van der Waals surface area contributed by atoms with Crippen molar-refractivity contribution < 1.29 is 27.7 Å². The Morgan fingerprint density at radius 2 is 2.05 bits per heavy atom. The summed E-state index contributed by atoms with van der Waals surface area (Å²) >= 11 is 0. The van der Waals surface area contributed by atoms with Gasteiger partial charge in [-0.05, 0) is 31.2 Å². The van der Waals surface area contributed by atoms with Crippen LogP contribution in [0.15, 0.2) is 34.9 Å². The van der Waals surface area contributed by atoms with Crippen LogP contribution in [0.4, 0.5) is 18.9 Å². The van der Waals surface area contributed by atoms with E-state index in [2.05, 4.69) is 5.32 Å². The summed E-state index contributed by atoms with van der Waals surface area (Å²) in [7, 11) is 0. The molecule has 0 saturated heterocycles. The molecular formula is C14H14F3N2O2+. The minimum Gasteiger partial charge on any atom is -0.463 e. The molecule has 1 aromatic heterocycles. The maximum Gasteiger partial charge on any atom is 0.279 e. The number of furan rings is 1. The summed E-state index contributed by atoms with van der Waals surface area (Å²) in [6.45, 7) is 1.82. The molecule has 1 amide bonds. The highest BCUT2D eigenvalue weighted by atomic mass is 19.2. The Labute approximate surface area is 119 Å². The number of amides is 1. The summed E-state index contributed by atoms with van der Waals surface area (Å²) in [5, 5.41) is 3.87. The van der Waals surface area contributed by atoms with Gasteiger partial charge in [-0.3, -0.25) is 4.79 Å². The predicted molar refractivity (Wildman–Crippen MR) is 68.9 cm³/mol. The first kappa shape index (κ1) is 15.1. The van der Waals surface area contributed by atoms with Crippen LogP contribution in [-0.2, 0) is 4.79 Å². The first-order valence-electron chi connectivity index (χ1n) is 6.29. The molecule has 0 aliphatic rings. The summed E-state index contributed by atoms with van der Waals surface area (Å²) in [5.74, 6) is -4.16. The smallest absolute Gasteiger partial charge is 0.279 e. The van der Waals surface area contributed by atoms with Gasteiger partial charge in [0, 0.05) is 0 Å². The number of quaternary nitrogens is 1. The zero-order chi connectivity index (χ0) is 15.4. The molecule has 0 aliphatic heterocycles. The molecule has 1 aromatic carbocycles. The summed E-state index contributed by atoms with van der Waals surface area (Å²) in [6, 6.07) is 5.13. The Hall–Kier alpha value is -2.28. The Bertz CT molecular complexity index is 629. The molecule has 2 aromatic rings. The Morgan fingerprint density at radius 3 is 2.71 bits per heavy atom. The number of hydrogen-bond donors (Lipinski definition) is 2. The number of hydrogen-bond acceptors (Lipinski definition) is 2. The van der Waals surface area contributed by atoms with Crippen LogP contribution in [0, 0.1) is 17.5 Å². The third kappa shape index (κ3) is 3.63. The average Bonchev–Trinajstić information content (AvgIpc) is 3.00. The van der Waals surface area contributed by atoms with Crippen LogP contribution >= 0.6 is 0 Å². The van der Waals surface area contributed by atoms with Crippen LogP contribution in [-0.4, -0.2) is 12.5 Å². The minimum absolute atomic E-state index is 0.0136. The quantitative estimate of drug-likeness (QED) is 0.829. The van der Waals surface area contributed by atoms with Crippen LogP contribution in [0.25, 0.3) is 0 Å². The fraction of sp³-hybridized carbons (Fsp3) is 0.214. The van der Waals surface area contributed by atoms with Crippen molar-refractivity contribution in [2.24, 2.45) is 0 Å². The highest BCUT2D eigenvalue weighted by Crippen LogP contribution is 2.19. The zero-order valence-corrected chi connectivity index (χ0v) is 11.2. The van der Waals surface area contributed by atoms with Crippen LogP contribution < -0.4 is 10.6 Å². The molecule has 2 rings (SSSR count). The molecule has 0 aliphatic carbocycles. The van der Waals surface area contributed by atoms with E-state index in [1.165, 1.54) is 6.26 Å². The molecule has 112 valence electrons. The summed E-state index contributed by atoms with van der Waals surface area (Å²) < 4.78 is 44.4. The number of rotatable bonds is 5. The van der Waals surface area contributed by atoms with E-state index in [0.29, 0.717) is 5.76 Å². The van der Waals surface area contributed by atoms with Crippen molar-refractivity contribution in [1.29, 1.82) is 0 Å². The predicted octanol–water partition coefficient (Wildman–Crippen LogP) is 1.96. The molecule has 7 heteroatoms.